The predicted octanol–water partition coefficient (Wildman–Crippen LogP) is 3.57. The van der Waals surface area contributed by atoms with E-state index in [1.807, 2.05) is 29.5 Å². The molecule has 0 aromatic heterocycles. The van der Waals surface area contributed by atoms with Gasteiger partial charge in [-0.1, -0.05) is 6.07 Å². The van der Waals surface area contributed by atoms with Gasteiger partial charge < -0.3 is 25.9 Å². The fourth-order valence-electron chi connectivity index (χ4n) is 5.02. The van der Waals surface area contributed by atoms with Gasteiger partial charge in [0.1, 0.15) is 29.4 Å². The highest BCUT2D eigenvalue weighted by atomic mass is 127. The molecule has 2 aromatic carbocycles. The number of halogens is 4. The molecule has 1 unspecified atom stereocenters. The number of nitrogens with zero attached hydrogens (tertiary/aromatic N) is 2. The maximum absolute atomic E-state index is 15.3. The van der Waals surface area contributed by atoms with Crippen molar-refractivity contribution in [2.45, 2.75) is 50.0 Å². The Morgan fingerprint density at radius 2 is 2.00 bits per heavy atom. The third kappa shape index (κ3) is 7.73. The van der Waals surface area contributed by atoms with Crippen LogP contribution in [0.15, 0.2) is 46.4 Å². The van der Waals surface area contributed by atoms with Crippen LogP contribution < -0.4 is 11.1 Å². The monoisotopic (exact) mass is 708 g/mol. The summed E-state index contributed by atoms with van der Waals surface area (Å²) in [5.41, 5.74) is 5.42. The fraction of sp³-hybridized carbons (Fsp3) is 0.423. The first-order chi connectivity index (χ1) is 19.1. The number of hydrogen-bond donors (Lipinski definition) is 5. The number of amidine groups is 1. The second-order valence-electron chi connectivity index (χ2n) is 10.3. The van der Waals surface area contributed by atoms with Gasteiger partial charge >= 0.3 is 7.82 Å². The zero-order valence-corrected chi connectivity index (χ0v) is 24.9. The van der Waals surface area contributed by atoms with E-state index in [4.69, 9.17) is 20.5 Å². The first-order valence-electron chi connectivity index (χ1n) is 12.6. The molecule has 1 saturated carbocycles. The lowest BCUT2D eigenvalue weighted by atomic mass is 9.74. The smallest absolute Gasteiger partial charge is 0.390 e. The van der Waals surface area contributed by atoms with Crippen molar-refractivity contribution in [2.75, 3.05) is 13.2 Å². The summed E-state index contributed by atoms with van der Waals surface area (Å²) in [7, 11) is -4.94. The Morgan fingerprint density at radius 3 is 2.63 bits per heavy atom. The molecule has 4 rings (SSSR count). The number of nitrogens with one attached hydrogen (secondary N) is 1. The number of aliphatic imine (C=N–C) groups is 2. The molecule has 41 heavy (non-hydrogen) atoms. The zero-order valence-electron chi connectivity index (χ0n) is 21.8. The van der Waals surface area contributed by atoms with Crippen molar-refractivity contribution >= 4 is 47.9 Å². The second-order valence-corrected chi connectivity index (χ2v) is 12.8. The van der Waals surface area contributed by atoms with E-state index in [0.29, 0.717) is 16.4 Å². The molecule has 15 heteroatoms. The lowest BCUT2D eigenvalue weighted by molar-refractivity contribution is 0.0106. The van der Waals surface area contributed by atoms with Crippen LogP contribution in [0.1, 0.15) is 53.7 Å². The third-order valence-electron chi connectivity index (χ3n) is 7.29. The number of nitrogens with two attached hydrogens (primary N) is 1. The average Bonchev–Trinajstić information content (AvgIpc) is 2.88. The number of amides is 1. The quantitative estimate of drug-likeness (QED) is 0.207. The van der Waals surface area contributed by atoms with E-state index in [9.17, 15) is 23.2 Å². The lowest BCUT2D eigenvalue weighted by Gasteiger charge is -2.40. The number of rotatable bonds is 8. The molecular weight excluding hydrogens is 679 g/mol. The van der Waals surface area contributed by atoms with Crippen molar-refractivity contribution in [1.82, 2.24) is 5.32 Å². The van der Waals surface area contributed by atoms with Crippen LogP contribution in [0.25, 0.3) is 0 Å². The van der Waals surface area contributed by atoms with E-state index in [0.717, 1.165) is 12.1 Å². The Bertz CT molecular complexity index is 1420. The molecule has 5 atom stereocenters. The fourth-order valence-corrected chi connectivity index (χ4v) is 6.02. The number of alkyl halides is 1. The summed E-state index contributed by atoms with van der Waals surface area (Å²) in [5.74, 6) is -2.71. The minimum Gasteiger partial charge on any atom is -0.390 e. The topological polar surface area (TPSA) is 167 Å². The van der Waals surface area contributed by atoms with Gasteiger partial charge in [-0.25, -0.2) is 17.7 Å². The number of phosphoric ester groups is 1. The van der Waals surface area contributed by atoms with E-state index in [2.05, 4.69) is 14.8 Å². The highest BCUT2D eigenvalue weighted by Gasteiger charge is 2.42. The minimum absolute atomic E-state index is 0.0575. The van der Waals surface area contributed by atoms with Crippen molar-refractivity contribution < 1.29 is 41.9 Å². The second kappa shape index (κ2) is 12.5. The summed E-state index contributed by atoms with van der Waals surface area (Å²) in [4.78, 5) is 40.3. The molecule has 0 bridgehead atoms. The summed E-state index contributed by atoms with van der Waals surface area (Å²) in [6, 6.07) is 6.19. The van der Waals surface area contributed by atoms with Crippen molar-refractivity contribution in [2.24, 2.45) is 21.6 Å². The first-order valence-corrected chi connectivity index (χ1v) is 15.3. The predicted molar refractivity (Wildman–Crippen MR) is 153 cm³/mol. The van der Waals surface area contributed by atoms with Gasteiger partial charge in [-0.2, -0.15) is 0 Å². The van der Waals surface area contributed by atoms with Gasteiger partial charge in [0.15, 0.2) is 0 Å². The molecule has 2 aromatic rings. The summed E-state index contributed by atoms with van der Waals surface area (Å²) in [5, 5.41) is 12.2. The summed E-state index contributed by atoms with van der Waals surface area (Å²) < 4.78 is 59.8. The maximum atomic E-state index is 15.3. The molecule has 0 saturated heterocycles. The van der Waals surface area contributed by atoms with Crippen LogP contribution in [0.5, 0.6) is 0 Å². The molecule has 10 nitrogen and oxygen atoms in total. The summed E-state index contributed by atoms with van der Waals surface area (Å²) in [6.07, 6.45) is -1.46. The van der Waals surface area contributed by atoms with E-state index in [1.165, 1.54) is 24.3 Å². The molecule has 6 N–H and O–H groups in total. The first kappa shape index (κ1) is 31.6. The normalized spacial score (nSPS) is 25.7. The molecule has 1 aliphatic heterocycles. The Morgan fingerprint density at radius 1 is 1.27 bits per heavy atom. The van der Waals surface area contributed by atoms with E-state index >= 15 is 4.39 Å². The minimum atomic E-state index is -4.94. The van der Waals surface area contributed by atoms with Crippen LogP contribution in [0, 0.1) is 21.1 Å². The average molecular weight is 708 g/mol. The molecule has 1 amide bonds. The van der Waals surface area contributed by atoms with Gasteiger partial charge in [-0.3, -0.25) is 19.3 Å². The van der Waals surface area contributed by atoms with Crippen molar-refractivity contribution in [3.63, 3.8) is 0 Å². The highest BCUT2D eigenvalue weighted by molar-refractivity contribution is 14.1. The number of carbonyl (C=O) groups excluding carboxylic acids is 1. The van der Waals surface area contributed by atoms with Crippen LogP contribution in [-0.2, 0) is 9.09 Å². The van der Waals surface area contributed by atoms with Gasteiger partial charge in [0.2, 0.25) is 0 Å². The van der Waals surface area contributed by atoms with Crippen molar-refractivity contribution in [1.29, 1.82) is 0 Å². The number of aliphatic hydroxyl groups excluding tert-OH is 1. The molecule has 2 aliphatic rings. The molecular formula is C26H29F3IN4O6P. The van der Waals surface area contributed by atoms with E-state index in [-0.39, 0.29) is 41.6 Å². The number of hydrogen-bond acceptors (Lipinski definition) is 7. The van der Waals surface area contributed by atoms with E-state index < -0.39 is 61.4 Å². The standard InChI is InChI=1S/C26H29F3IN4O6P/c1-26(15-3-5-22(35)20(29)9-15)12-32-24(31)23(34-26)13-2-4-18(19(28)8-13)25(36)33-21(11-40-41(37,38)39)14-6-16(27)10-17(30)7-14/h2,4,6-8,10,15,20-22,35H,3,5,9,11-12H2,1H3,(H2,31,32)(H,33,36)(H2,37,38,39)/t15-,20-,21-,22-,26?/m1/s1. The van der Waals surface area contributed by atoms with Gasteiger partial charge in [-0.15, -0.1) is 0 Å². The van der Waals surface area contributed by atoms with Crippen LogP contribution in [0.3, 0.4) is 0 Å². The SMILES string of the molecule is CC1([C@@H]2CC[C@@H](O)[C@H](F)C2)CN=C(N)C(c2ccc(C(=O)N[C@H](COP(=O)(O)O)c3cc(F)cc(I)c3)c(F)c2)=N1. The van der Waals surface area contributed by atoms with Crippen LogP contribution >= 0.6 is 30.4 Å². The largest absolute Gasteiger partial charge is 0.469 e. The number of aliphatic hydroxyl groups is 1. The third-order valence-corrected chi connectivity index (χ3v) is 8.39. The number of carbonyl (C=O) groups is 1. The Hall–Kier alpha value is -2.36. The molecule has 222 valence electrons. The molecule has 1 fully saturated rings. The molecule has 1 aliphatic carbocycles. The van der Waals surface area contributed by atoms with Gasteiger partial charge in [0, 0.05) is 9.13 Å². The van der Waals surface area contributed by atoms with Crippen molar-refractivity contribution in [3.05, 3.63) is 68.3 Å². The van der Waals surface area contributed by atoms with E-state index in [1.54, 1.807) is 0 Å². The zero-order chi connectivity index (χ0) is 30.1. The van der Waals surface area contributed by atoms with Crippen LogP contribution in [0.2, 0.25) is 0 Å². The molecule has 0 radical (unpaired) electrons. The van der Waals surface area contributed by atoms with Gasteiger partial charge in [0.25, 0.3) is 5.91 Å². The Balaban J connectivity index is 1.58. The summed E-state index contributed by atoms with van der Waals surface area (Å²) in [6.45, 7) is 1.30. The van der Waals surface area contributed by atoms with Crippen molar-refractivity contribution in [3.8, 4) is 0 Å². The van der Waals surface area contributed by atoms with Crippen LogP contribution in [0.4, 0.5) is 13.2 Å². The Labute approximate surface area is 247 Å². The Kier molecular flexibility index (Phi) is 9.61. The molecule has 0 spiro atoms. The number of benzene rings is 2. The number of phosphoric acid groups is 1. The van der Waals surface area contributed by atoms with Crippen LogP contribution in [-0.4, -0.2) is 63.3 Å². The highest BCUT2D eigenvalue weighted by Crippen LogP contribution is 2.39. The molecule has 1 heterocycles. The lowest BCUT2D eigenvalue weighted by Crippen LogP contribution is -2.47. The maximum Gasteiger partial charge on any atom is 0.469 e. The summed E-state index contributed by atoms with van der Waals surface area (Å²) >= 11 is 1.84. The van der Waals surface area contributed by atoms with Gasteiger partial charge in [-0.05, 0) is 90.6 Å². The van der Waals surface area contributed by atoms with Gasteiger partial charge in [0.05, 0.1) is 36.4 Å².